The monoisotopic (exact) mass is 384 g/mol. The summed E-state index contributed by atoms with van der Waals surface area (Å²) in [6, 6.07) is 26.8. The predicted molar refractivity (Wildman–Crippen MR) is 112 cm³/mol. The molecule has 144 valence electrons. The maximum absolute atomic E-state index is 12.2. The number of fused-ring (bicyclic) bond motifs is 1. The Morgan fingerprint density at radius 3 is 2.55 bits per heavy atom. The van der Waals surface area contributed by atoms with Gasteiger partial charge in [0.05, 0.1) is 0 Å². The first-order valence-electron chi connectivity index (χ1n) is 9.32. The number of hydrogen-bond acceptors (Lipinski definition) is 4. The van der Waals surface area contributed by atoms with E-state index >= 15 is 0 Å². The number of hydrogen-bond donors (Lipinski definition) is 1. The second kappa shape index (κ2) is 8.89. The van der Waals surface area contributed by atoms with Gasteiger partial charge in [0.25, 0.3) is 5.91 Å². The molecule has 4 aromatic rings. The van der Waals surface area contributed by atoms with E-state index in [2.05, 4.69) is 10.3 Å². The summed E-state index contributed by atoms with van der Waals surface area (Å²) in [7, 11) is 0. The van der Waals surface area contributed by atoms with Crippen LogP contribution in [0.15, 0.2) is 91.1 Å². The molecule has 29 heavy (non-hydrogen) atoms. The Morgan fingerprint density at radius 2 is 1.69 bits per heavy atom. The van der Waals surface area contributed by atoms with Crippen molar-refractivity contribution in [2.45, 2.75) is 6.54 Å². The quantitative estimate of drug-likeness (QED) is 0.501. The van der Waals surface area contributed by atoms with Crippen LogP contribution in [-0.2, 0) is 11.3 Å². The molecule has 0 spiro atoms. The molecule has 0 atom stereocenters. The van der Waals surface area contributed by atoms with Gasteiger partial charge in [-0.25, -0.2) is 4.98 Å². The molecule has 1 heterocycles. The third-order valence-corrected chi connectivity index (χ3v) is 4.34. The normalized spacial score (nSPS) is 10.5. The minimum Gasteiger partial charge on any atom is -0.484 e. The van der Waals surface area contributed by atoms with E-state index in [4.69, 9.17) is 9.47 Å². The molecular weight excluding hydrogens is 364 g/mol. The van der Waals surface area contributed by atoms with E-state index in [-0.39, 0.29) is 12.5 Å². The number of carbonyl (C=O) groups excluding carboxylic acids is 1. The zero-order valence-corrected chi connectivity index (χ0v) is 15.7. The topological polar surface area (TPSA) is 60.5 Å². The van der Waals surface area contributed by atoms with Crippen LogP contribution in [0, 0.1) is 0 Å². The molecule has 0 aliphatic heterocycles. The Balaban J connectivity index is 1.29. The van der Waals surface area contributed by atoms with Gasteiger partial charge in [-0.1, -0.05) is 48.5 Å². The number of aromatic nitrogens is 1. The van der Waals surface area contributed by atoms with Crippen molar-refractivity contribution in [2.24, 2.45) is 0 Å². The molecule has 0 aliphatic rings. The standard InChI is InChI=1S/C24H20N2O3/c27-23(17-28-21-12-11-19-7-1-2-8-20(19)15-21)26-16-18-6-5-9-22(14-18)29-24-10-3-4-13-25-24/h1-15H,16-17H2,(H,26,27). The van der Waals surface area contributed by atoms with Crippen molar-refractivity contribution in [1.29, 1.82) is 0 Å². The van der Waals surface area contributed by atoms with E-state index in [1.54, 1.807) is 12.3 Å². The highest BCUT2D eigenvalue weighted by Crippen LogP contribution is 2.21. The highest BCUT2D eigenvalue weighted by Gasteiger charge is 2.05. The second-order valence-electron chi connectivity index (χ2n) is 6.49. The molecular formula is C24H20N2O3. The Hall–Kier alpha value is -3.86. The molecule has 3 aromatic carbocycles. The van der Waals surface area contributed by atoms with Crippen molar-refractivity contribution >= 4 is 16.7 Å². The molecule has 0 aliphatic carbocycles. The smallest absolute Gasteiger partial charge is 0.258 e. The highest BCUT2D eigenvalue weighted by molar-refractivity contribution is 5.84. The number of ether oxygens (including phenoxy) is 2. The highest BCUT2D eigenvalue weighted by atomic mass is 16.5. The fourth-order valence-electron chi connectivity index (χ4n) is 2.90. The fraction of sp³-hybridized carbons (Fsp3) is 0.0833. The van der Waals surface area contributed by atoms with E-state index in [0.29, 0.717) is 23.9 Å². The average molecular weight is 384 g/mol. The van der Waals surface area contributed by atoms with Gasteiger partial charge < -0.3 is 14.8 Å². The lowest BCUT2D eigenvalue weighted by atomic mass is 10.1. The molecule has 1 N–H and O–H groups in total. The predicted octanol–water partition coefficient (Wildman–Crippen LogP) is 4.72. The first-order valence-corrected chi connectivity index (χ1v) is 9.32. The Morgan fingerprint density at radius 1 is 0.828 bits per heavy atom. The number of nitrogens with zero attached hydrogens (tertiary/aromatic N) is 1. The molecule has 4 rings (SSSR count). The van der Waals surface area contributed by atoms with Gasteiger partial charge in [-0.15, -0.1) is 0 Å². The van der Waals surface area contributed by atoms with Gasteiger partial charge in [0, 0.05) is 18.8 Å². The summed E-state index contributed by atoms with van der Waals surface area (Å²) in [5.74, 6) is 1.68. The number of pyridine rings is 1. The van der Waals surface area contributed by atoms with Crippen LogP contribution >= 0.6 is 0 Å². The van der Waals surface area contributed by atoms with Crippen LogP contribution in [0.25, 0.3) is 10.8 Å². The first-order chi connectivity index (χ1) is 14.3. The fourth-order valence-corrected chi connectivity index (χ4v) is 2.90. The van der Waals surface area contributed by atoms with Crippen LogP contribution in [0.3, 0.4) is 0 Å². The largest absolute Gasteiger partial charge is 0.484 e. The van der Waals surface area contributed by atoms with E-state index in [9.17, 15) is 4.79 Å². The van der Waals surface area contributed by atoms with Crippen LogP contribution in [0.1, 0.15) is 5.56 Å². The van der Waals surface area contributed by atoms with E-state index < -0.39 is 0 Å². The minimum atomic E-state index is -0.186. The molecule has 1 aromatic heterocycles. The first kappa shape index (κ1) is 18.5. The van der Waals surface area contributed by atoms with Crippen molar-refractivity contribution < 1.29 is 14.3 Å². The van der Waals surface area contributed by atoms with Gasteiger partial charge in [-0.2, -0.15) is 0 Å². The molecule has 0 radical (unpaired) electrons. The molecule has 0 unspecified atom stereocenters. The van der Waals surface area contributed by atoms with Crippen LogP contribution in [-0.4, -0.2) is 17.5 Å². The zero-order valence-electron chi connectivity index (χ0n) is 15.7. The van der Waals surface area contributed by atoms with Crippen LogP contribution in [0.4, 0.5) is 0 Å². The summed E-state index contributed by atoms with van der Waals surface area (Å²) in [6.45, 7) is 0.349. The van der Waals surface area contributed by atoms with E-state index in [0.717, 1.165) is 16.3 Å². The summed E-state index contributed by atoms with van der Waals surface area (Å²) in [5, 5.41) is 5.08. The summed E-state index contributed by atoms with van der Waals surface area (Å²) < 4.78 is 11.3. The number of nitrogens with one attached hydrogen (secondary N) is 1. The third-order valence-electron chi connectivity index (χ3n) is 4.34. The maximum atomic E-state index is 12.2. The molecule has 0 saturated heterocycles. The van der Waals surface area contributed by atoms with Gasteiger partial charge in [-0.3, -0.25) is 4.79 Å². The Kier molecular flexibility index (Phi) is 5.67. The lowest BCUT2D eigenvalue weighted by molar-refractivity contribution is -0.123. The molecule has 0 bridgehead atoms. The summed E-state index contributed by atoms with van der Waals surface area (Å²) >= 11 is 0. The average Bonchev–Trinajstić information content (AvgIpc) is 2.77. The van der Waals surface area contributed by atoms with Crippen LogP contribution in [0.2, 0.25) is 0 Å². The van der Waals surface area contributed by atoms with Gasteiger partial charge in [0.2, 0.25) is 5.88 Å². The van der Waals surface area contributed by atoms with Crippen LogP contribution < -0.4 is 14.8 Å². The summed E-state index contributed by atoms with van der Waals surface area (Å²) in [6.07, 6.45) is 1.68. The maximum Gasteiger partial charge on any atom is 0.258 e. The molecule has 1 amide bonds. The lowest BCUT2D eigenvalue weighted by Gasteiger charge is -2.10. The molecule has 0 fully saturated rings. The lowest BCUT2D eigenvalue weighted by Crippen LogP contribution is -2.28. The van der Waals surface area contributed by atoms with Gasteiger partial charge in [0.15, 0.2) is 6.61 Å². The van der Waals surface area contributed by atoms with E-state index in [1.165, 1.54) is 0 Å². The van der Waals surface area contributed by atoms with Crippen molar-refractivity contribution in [3.8, 4) is 17.4 Å². The van der Waals surface area contributed by atoms with Crippen molar-refractivity contribution in [1.82, 2.24) is 10.3 Å². The van der Waals surface area contributed by atoms with Crippen molar-refractivity contribution in [3.63, 3.8) is 0 Å². The van der Waals surface area contributed by atoms with E-state index in [1.807, 2.05) is 78.9 Å². The van der Waals surface area contributed by atoms with Crippen molar-refractivity contribution in [2.75, 3.05) is 6.61 Å². The molecule has 0 saturated carbocycles. The Bertz CT molecular complexity index is 1110. The SMILES string of the molecule is O=C(COc1ccc2ccccc2c1)NCc1cccc(Oc2ccccn2)c1. The van der Waals surface area contributed by atoms with Crippen molar-refractivity contribution in [3.05, 3.63) is 96.7 Å². The number of carbonyl (C=O) groups is 1. The molecule has 5 heteroatoms. The number of rotatable bonds is 7. The summed E-state index contributed by atoms with van der Waals surface area (Å²) in [4.78, 5) is 16.3. The van der Waals surface area contributed by atoms with Gasteiger partial charge >= 0.3 is 0 Å². The van der Waals surface area contributed by atoms with Gasteiger partial charge in [0.1, 0.15) is 11.5 Å². The van der Waals surface area contributed by atoms with Gasteiger partial charge in [-0.05, 0) is 46.7 Å². The molecule has 5 nitrogen and oxygen atoms in total. The second-order valence-corrected chi connectivity index (χ2v) is 6.49. The Labute approximate surface area is 168 Å². The summed E-state index contributed by atoms with van der Waals surface area (Å²) in [5.41, 5.74) is 0.928. The number of amides is 1. The third kappa shape index (κ3) is 5.11. The zero-order chi connectivity index (χ0) is 19.9. The van der Waals surface area contributed by atoms with Crippen LogP contribution in [0.5, 0.6) is 17.4 Å². The minimum absolute atomic E-state index is 0.0392. The number of benzene rings is 3.